The first-order chi connectivity index (χ1) is 27.7. The molecule has 0 aliphatic carbocycles. The summed E-state index contributed by atoms with van der Waals surface area (Å²) in [5, 5.41) is 2.52. The summed E-state index contributed by atoms with van der Waals surface area (Å²) in [6, 6.07) is 78.9. The van der Waals surface area contributed by atoms with E-state index in [9.17, 15) is 0 Å². The van der Waals surface area contributed by atoms with Gasteiger partial charge < -0.3 is 4.57 Å². The van der Waals surface area contributed by atoms with Crippen molar-refractivity contribution in [2.75, 3.05) is 0 Å². The molecular formula is C54H37OP. The van der Waals surface area contributed by atoms with Crippen molar-refractivity contribution in [3.05, 3.63) is 224 Å². The second kappa shape index (κ2) is 14.1. The highest BCUT2D eigenvalue weighted by Crippen LogP contribution is 2.60. The molecule has 0 aromatic heterocycles. The largest absolute Gasteiger partial charge is 0.309 e. The highest BCUT2D eigenvalue weighted by Gasteiger charge is 2.41. The van der Waals surface area contributed by atoms with Crippen molar-refractivity contribution >= 4 is 23.1 Å². The van der Waals surface area contributed by atoms with Crippen LogP contribution >= 0.6 is 7.14 Å². The summed E-state index contributed by atoms with van der Waals surface area (Å²) in [7, 11) is -3.48. The summed E-state index contributed by atoms with van der Waals surface area (Å²) in [5.74, 6) is 0. The van der Waals surface area contributed by atoms with E-state index in [0.29, 0.717) is 0 Å². The molecule has 0 saturated carbocycles. The minimum atomic E-state index is -3.48. The molecule has 0 fully saturated rings. The molecule has 1 heterocycles. The van der Waals surface area contributed by atoms with E-state index in [4.69, 9.17) is 0 Å². The summed E-state index contributed by atoms with van der Waals surface area (Å²) in [6.45, 7) is 0. The van der Waals surface area contributed by atoms with Gasteiger partial charge in [-0.2, -0.15) is 0 Å². The molecule has 0 atom stereocenters. The van der Waals surface area contributed by atoms with Crippen LogP contribution in [-0.4, -0.2) is 0 Å². The first-order valence-corrected chi connectivity index (χ1v) is 20.8. The lowest BCUT2D eigenvalue weighted by molar-refractivity contribution is 0.592. The van der Waals surface area contributed by atoms with Crippen LogP contribution < -0.4 is 15.9 Å². The lowest BCUT2D eigenvalue weighted by atomic mass is 9.74. The van der Waals surface area contributed by atoms with Crippen LogP contribution in [0, 0.1) is 0 Å². The standard InChI is InChI=1S/C54H37OP/c55-56(44-36-34-39(35-37-44)38-20-6-1-7-21-38)47-32-18-16-30-45(47)53-51(42-26-12-4-13-27-42)49(40-22-8-2-9-23-40)50(41-24-10-3-11-25-41)52(43-28-14-5-15-29-43)54(53)46-31-17-19-33-48(46)56/h1-37H. The van der Waals surface area contributed by atoms with E-state index in [1.54, 1.807) is 0 Å². The van der Waals surface area contributed by atoms with E-state index in [-0.39, 0.29) is 0 Å². The molecule has 1 aliphatic heterocycles. The molecular weight excluding hydrogens is 696 g/mol. The van der Waals surface area contributed by atoms with Crippen molar-refractivity contribution in [1.29, 1.82) is 0 Å². The normalized spacial score (nSPS) is 12.5. The molecule has 9 aromatic carbocycles. The number of fused-ring (bicyclic) bond motifs is 5. The van der Waals surface area contributed by atoms with E-state index in [1.807, 2.05) is 18.2 Å². The number of hydrogen-bond acceptors (Lipinski definition) is 1. The first-order valence-electron chi connectivity index (χ1n) is 19.1. The van der Waals surface area contributed by atoms with Crippen molar-refractivity contribution in [3.8, 4) is 77.9 Å². The first kappa shape index (κ1) is 33.8. The molecule has 0 N–H and O–H groups in total. The van der Waals surface area contributed by atoms with Gasteiger partial charge in [-0.05, 0) is 77.9 Å². The maximum Gasteiger partial charge on any atom is 0.172 e. The van der Waals surface area contributed by atoms with Gasteiger partial charge in [0.25, 0.3) is 0 Å². The van der Waals surface area contributed by atoms with Crippen LogP contribution in [0.15, 0.2) is 224 Å². The Balaban J connectivity index is 1.43. The SMILES string of the molecule is O=P1(c2ccc(-c3ccccc3)cc2)c2ccccc2-c2c(-c3ccccc3)c(-c3ccccc3)c(-c3ccccc3)c(-c3ccccc3)c2-c2ccccc21. The lowest BCUT2D eigenvalue weighted by Gasteiger charge is -2.28. The van der Waals surface area contributed by atoms with Crippen molar-refractivity contribution in [2.45, 2.75) is 0 Å². The van der Waals surface area contributed by atoms with Crippen molar-refractivity contribution in [1.82, 2.24) is 0 Å². The quantitative estimate of drug-likeness (QED) is 0.156. The fourth-order valence-corrected chi connectivity index (χ4v) is 11.7. The molecule has 2 heteroatoms. The zero-order valence-corrected chi connectivity index (χ0v) is 31.6. The predicted molar refractivity (Wildman–Crippen MR) is 237 cm³/mol. The highest BCUT2D eigenvalue weighted by atomic mass is 31.2. The summed E-state index contributed by atoms with van der Waals surface area (Å²) < 4.78 is 16.8. The number of hydrogen-bond donors (Lipinski definition) is 0. The van der Waals surface area contributed by atoms with Gasteiger partial charge in [0, 0.05) is 15.9 Å². The fraction of sp³-hybridized carbons (Fsp3) is 0. The maximum atomic E-state index is 16.8. The number of rotatable bonds is 6. The van der Waals surface area contributed by atoms with Crippen molar-refractivity contribution in [2.24, 2.45) is 0 Å². The van der Waals surface area contributed by atoms with Crippen LogP contribution in [0.4, 0.5) is 0 Å². The van der Waals surface area contributed by atoms with Crippen LogP contribution in [0.25, 0.3) is 77.9 Å². The molecule has 9 aromatic rings. The van der Waals surface area contributed by atoms with E-state index in [0.717, 1.165) is 93.8 Å². The molecule has 0 bridgehead atoms. The van der Waals surface area contributed by atoms with Gasteiger partial charge in [-0.3, -0.25) is 0 Å². The van der Waals surface area contributed by atoms with Gasteiger partial charge in [0.15, 0.2) is 7.14 Å². The minimum Gasteiger partial charge on any atom is -0.309 e. The van der Waals surface area contributed by atoms with Crippen LogP contribution in [0.1, 0.15) is 0 Å². The maximum absolute atomic E-state index is 16.8. The monoisotopic (exact) mass is 732 g/mol. The van der Waals surface area contributed by atoms with Gasteiger partial charge in [0.1, 0.15) is 0 Å². The molecule has 264 valence electrons. The Morgan fingerprint density at radius 1 is 0.232 bits per heavy atom. The van der Waals surface area contributed by atoms with Gasteiger partial charge >= 0.3 is 0 Å². The van der Waals surface area contributed by atoms with Crippen LogP contribution in [-0.2, 0) is 4.57 Å². The molecule has 56 heavy (non-hydrogen) atoms. The molecule has 10 rings (SSSR count). The molecule has 1 aliphatic rings. The summed E-state index contributed by atoms with van der Waals surface area (Å²) in [5.41, 5.74) is 15.4. The van der Waals surface area contributed by atoms with Crippen LogP contribution in [0.5, 0.6) is 0 Å². The Morgan fingerprint density at radius 2 is 0.500 bits per heavy atom. The third kappa shape index (κ3) is 5.51. The van der Waals surface area contributed by atoms with Crippen LogP contribution in [0.2, 0.25) is 0 Å². The molecule has 0 radical (unpaired) electrons. The smallest absolute Gasteiger partial charge is 0.172 e. The molecule has 0 spiro atoms. The molecule has 0 saturated heterocycles. The van der Waals surface area contributed by atoms with Crippen molar-refractivity contribution in [3.63, 3.8) is 0 Å². The highest BCUT2D eigenvalue weighted by molar-refractivity contribution is 7.85. The lowest BCUT2D eigenvalue weighted by Crippen LogP contribution is -2.26. The summed E-state index contributed by atoms with van der Waals surface area (Å²) in [4.78, 5) is 0. The van der Waals surface area contributed by atoms with Gasteiger partial charge in [0.2, 0.25) is 0 Å². The minimum absolute atomic E-state index is 0.818. The van der Waals surface area contributed by atoms with E-state index >= 15 is 4.57 Å². The Kier molecular flexibility index (Phi) is 8.52. The van der Waals surface area contributed by atoms with Crippen molar-refractivity contribution < 1.29 is 4.57 Å². The Labute approximate surface area is 328 Å². The zero-order valence-electron chi connectivity index (χ0n) is 30.7. The zero-order chi connectivity index (χ0) is 37.5. The topological polar surface area (TPSA) is 17.1 Å². The Morgan fingerprint density at radius 3 is 0.857 bits per heavy atom. The third-order valence-corrected chi connectivity index (χ3v) is 14.3. The Hall–Kier alpha value is -6.79. The van der Waals surface area contributed by atoms with E-state index in [2.05, 4.69) is 206 Å². The second-order valence-corrected chi connectivity index (χ2v) is 17.0. The molecule has 1 nitrogen and oxygen atoms in total. The van der Waals surface area contributed by atoms with Gasteiger partial charge in [-0.1, -0.05) is 224 Å². The fourth-order valence-electron chi connectivity index (χ4n) is 8.68. The predicted octanol–water partition coefficient (Wildman–Crippen LogP) is 13.3. The van der Waals surface area contributed by atoms with Gasteiger partial charge in [-0.25, -0.2) is 0 Å². The summed E-state index contributed by atoms with van der Waals surface area (Å²) >= 11 is 0. The molecule has 0 amide bonds. The second-order valence-electron chi connectivity index (χ2n) is 14.3. The Bertz CT molecular complexity index is 2730. The molecule has 0 unspecified atom stereocenters. The average Bonchev–Trinajstić information content (AvgIpc) is 3.38. The van der Waals surface area contributed by atoms with E-state index < -0.39 is 7.14 Å². The summed E-state index contributed by atoms with van der Waals surface area (Å²) in [6.07, 6.45) is 0. The van der Waals surface area contributed by atoms with Crippen LogP contribution in [0.3, 0.4) is 0 Å². The van der Waals surface area contributed by atoms with Gasteiger partial charge in [-0.15, -0.1) is 0 Å². The van der Waals surface area contributed by atoms with Gasteiger partial charge in [0.05, 0.1) is 0 Å². The van der Waals surface area contributed by atoms with E-state index in [1.165, 1.54) is 0 Å². The third-order valence-electron chi connectivity index (χ3n) is 11.1. The number of benzene rings is 9. The average molecular weight is 733 g/mol.